The van der Waals surface area contributed by atoms with E-state index in [1.807, 2.05) is 11.0 Å². The summed E-state index contributed by atoms with van der Waals surface area (Å²) in [6.07, 6.45) is 0.0482. The van der Waals surface area contributed by atoms with Crippen LogP contribution in [-0.4, -0.2) is 56.2 Å². The van der Waals surface area contributed by atoms with Gasteiger partial charge in [0.25, 0.3) is 5.91 Å². The Bertz CT molecular complexity index is 1460. The van der Waals surface area contributed by atoms with Gasteiger partial charge in [-0.1, -0.05) is 23.7 Å². The number of aliphatic imine (C=N–C) groups is 1. The average molecular weight is 565 g/mol. The molecule has 0 spiro atoms. The quantitative estimate of drug-likeness (QED) is 0.464. The Balaban J connectivity index is 0.00000107. The lowest BCUT2D eigenvalue weighted by molar-refractivity contribution is -0.191. The van der Waals surface area contributed by atoms with E-state index in [-0.39, 0.29) is 35.3 Å². The van der Waals surface area contributed by atoms with Crippen LogP contribution in [0.5, 0.6) is 0 Å². The Morgan fingerprint density at radius 3 is 2.55 bits per heavy atom. The number of carbonyl (C=O) groups excluding carboxylic acids is 3. The van der Waals surface area contributed by atoms with Crippen molar-refractivity contribution in [1.29, 1.82) is 0 Å². The molecule has 0 unspecified atom stereocenters. The topological polar surface area (TPSA) is 105 Å². The summed E-state index contributed by atoms with van der Waals surface area (Å²) in [6, 6.07) is 9.12. The van der Waals surface area contributed by atoms with Crippen LogP contribution in [0.15, 0.2) is 52.5 Å². The van der Waals surface area contributed by atoms with E-state index in [0.717, 1.165) is 17.0 Å². The number of fused-ring (bicyclic) bond motifs is 1. The van der Waals surface area contributed by atoms with Crippen molar-refractivity contribution < 1.29 is 32.7 Å². The lowest BCUT2D eigenvalue weighted by Gasteiger charge is -2.30. The zero-order valence-electron chi connectivity index (χ0n) is 19.6. The zero-order chi connectivity index (χ0) is 27.4. The Labute approximate surface area is 223 Å². The van der Waals surface area contributed by atoms with Gasteiger partial charge in [-0.05, 0) is 66.1 Å². The second-order valence-corrected chi connectivity index (χ2v) is 9.98. The molecule has 1 amide bonds. The molecular weight excluding hydrogens is 545 g/mol. The summed E-state index contributed by atoms with van der Waals surface area (Å²) < 4.78 is 41.9. The summed E-state index contributed by atoms with van der Waals surface area (Å²) in [5.41, 5.74) is 0.720. The number of thioether (sulfide) groups is 1. The summed E-state index contributed by atoms with van der Waals surface area (Å²) >= 11 is 7.09. The summed E-state index contributed by atoms with van der Waals surface area (Å²) in [5, 5.41) is 15.4. The van der Waals surface area contributed by atoms with Gasteiger partial charge in [0.2, 0.25) is 0 Å². The number of piperidine rings is 1. The minimum atomic E-state index is -4.52. The van der Waals surface area contributed by atoms with Crippen LogP contribution in [0, 0.1) is 0 Å². The maximum atomic E-state index is 13.5. The smallest absolute Gasteiger partial charge is 0.393 e. The van der Waals surface area contributed by atoms with Gasteiger partial charge in [0.1, 0.15) is 0 Å². The molecule has 38 heavy (non-hydrogen) atoms. The summed E-state index contributed by atoms with van der Waals surface area (Å²) in [5.74, 6) is -0.311. The minimum Gasteiger partial charge on any atom is -0.393 e. The molecule has 0 aliphatic carbocycles. The van der Waals surface area contributed by atoms with Gasteiger partial charge < -0.3 is 10.0 Å². The zero-order valence-corrected chi connectivity index (χ0v) is 21.2. The van der Waals surface area contributed by atoms with E-state index < -0.39 is 11.7 Å². The highest BCUT2D eigenvalue weighted by atomic mass is 35.5. The molecule has 13 heteroatoms. The predicted molar refractivity (Wildman–Crippen MR) is 135 cm³/mol. The molecule has 198 valence electrons. The SMILES string of the molecule is O=C1N=C(N2CCC(O)CC2)S/C1=C\c1ccc2c(cnn2Cc2ccc(Cl)cc2C(F)(F)F)c1.O=C=O. The number of hydrogen-bond donors (Lipinski definition) is 1. The molecule has 0 atom stereocenters. The van der Waals surface area contributed by atoms with Crippen LogP contribution in [-0.2, 0) is 27.1 Å². The second kappa shape index (κ2) is 11.5. The molecule has 2 aromatic carbocycles. The fourth-order valence-corrected chi connectivity index (χ4v) is 5.31. The highest BCUT2D eigenvalue weighted by Gasteiger charge is 2.34. The van der Waals surface area contributed by atoms with E-state index in [2.05, 4.69) is 10.1 Å². The van der Waals surface area contributed by atoms with Crippen molar-refractivity contribution in [2.24, 2.45) is 4.99 Å². The number of carbonyl (C=O) groups is 1. The maximum Gasteiger partial charge on any atom is 0.416 e. The van der Waals surface area contributed by atoms with Gasteiger partial charge in [-0.15, -0.1) is 0 Å². The van der Waals surface area contributed by atoms with Crippen molar-refractivity contribution in [3.05, 3.63) is 69.2 Å². The van der Waals surface area contributed by atoms with Gasteiger partial charge >= 0.3 is 12.3 Å². The average Bonchev–Trinajstić information content (AvgIpc) is 3.43. The summed E-state index contributed by atoms with van der Waals surface area (Å²) in [6.45, 7) is 1.25. The Hall–Kier alpha value is -3.44. The van der Waals surface area contributed by atoms with Gasteiger partial charge in [0, 0.05) is 23.5 Å². The van der Waals surface area contributed by atoms with Gasteiger partial charge in [-0.2, -0.15) is 32.9 Å². The molecule has 1 N–H and O–H groups in total. The number of benzene rings is 2. The molecule has 1 aromatic heterocycles. The van der Waals surface area contributed by atoms with E-state index in [1.165, 1.54) is 28.6 Å². The van der Waals surface area contributed by atoms with Crippen LogP contribution in [0.3, 0.4) is 0 Å². The highest BCUT2D eigenvalue weighted by Crippen LogP contribution is 2.35. The van der Waals surface area contributed by atoms with Crippen LogP contribution in [0.2, 0.25) is 5.02 Å². The van der Waals surface area contributed by atoms with E-state index in [1.54, 1.807) is 24.4 Å². The minimum absolute atomic E-state index is 0.0217. The molecule has 1 saturated heterocycles. The van der Waals surface area contributed by atoms with Crippen LogP contribution in [0.1, 0.15) is 29.5 Å². The highest BCUT2D eigenvalue weighted by molar-refractivity contribution is 8.18. The molecule has 0 bridgehead atoms. The molecule has 2 aliphatic heterocycles. The van der Waals surface area contributed by atoms with E-state index in [4.69, 9.17) is 21.2 Å². The summed E-state index contributed by atoms with van der Waals surface area (Å²) in [7, 11) is 0. The number of aromatic nitrogens is 2. The van der Waals surface area contributed by atoms with E-state index >= 15 is 0 Å². The molecule has 5 rings (SSSR count). The van der Waals surface area contributed by atoms with Gasteiger partial charge in [0.05, 0.1) is 34.8 Å². The molecule has 0 saturated carbocycles. The lowest BCUT2D eigenvalue weighted by Crippen LogP contribution is -2.38. The molecule has 8 nitrogen and oxygen atoms in total. The number of aliphatic hydroxyl groups is 1. The number of hydrogen-bond acceptors (Lipinski definition) is 7. The Kier molecular flexibility index (Phi) is 8.37. The number of aliphatic hydroxyl groups excluding tert-OH is 1. The van der Waals surface area contributed by atoms with Crippen LogP contribution in [0.25, 0.3) is 17.0 Å². The number of amides is 1. The standard InChI is InChI=1S/C24H20ClF3N4O2S.CO2/c25-17-3-2-15(19(11-17)24(26,27)28)13-32-20-4-1-14(9-16(20)12-29-32)10-21-22(34)30-23(35-21)31-7-5-18(33)6-8-31;2-1-3/h1-4,9-12,18,33H,5-8,13H2;/b21-10-;. The van der Waals surface area contributed by atoms with E-state index in [9.17, 15) is 23.1 Å². The van der Waals surface area contributed by atoms with Gasteiger partial charge in [-0.25, -0.2) is 0 Å². The van der Waals surface area contributed by atoms with Crippen molar-refractivity contribution in [2.75, 3.05) is 13.1 Å². The van der Waals surface area contributed by atoms with Crippen LogP contribution in [0.4, 0.5) is 13.2 Å². The Morgan fingerprint density at radius 1 is 1.16 bits per heavy atom. The molecule has 0 radical (unpaired) electrons. The number of rotatable bonds is 3. The van der Waals surface area contributed by atoms with Crippen molar-refractivity contribution in [1.82, 2.24) is 14.7 Å². The third-order valence-corrected chi connectivity index (χ3v) is 7.28. The lowest BCUT2D eigenvalue weighted by atomic mass is 10.1. The van der Waals surface area contributed by atoms with E-state index in [0.29, 0.717) is 41.5 Å². The van der Waals surface area contributed by atoms with Crippen molar-refractivity contribution in [2.45, 2.75) is 31.7 Å². The number of nitrogens with zero attached hydrogens (tertiary/aromatic N) is 4. The molecule has 2 aliphatic rings. The summed E-state index contributed by atoms with van der Waals surface area (Å²) in [4.78, 5) is 35.3. The third kappa shape index (κ3) is 6.33. The number of alkyl halides is 3. The van der Waals surface area contributed by atoms with Crippen LogP contribution >= 0.6 is 23.4 Å². The largest absolute Gasteiger partial charge is 0.416 e. The predicted octanol–water partition coefficient (Wildman–Crippen LogP) is 4.60. The molecule has 3 heterocycles. The maximum absolute atomic E-state index is 13.5. The van der Waals surface area contributed by atoms with Gasteiger partial charge in [-0.3, -0.25) is 9.48 Å². The van der Waals surface area contributed by atoms with Crippen molar-refractivity contribution >= 4 is 57.6 Å². The molecular formula is C25H20ClF3N4O4S. The first-order valence-electron chi connectivity index (χ1n) is 11.3. The number of amidine groups is 1. The fraction of sp³-hybridized carbons (Fsp3) is 0.280. The van der Waals surface area contributed by atoms with Crippen LogP contribution < -0.4 is 0 Å². The third-order valence-electron chi connectivity index (χ3n) is 6.01. The normalized spacial score (nSPS) is 17.4. The number of halogens is 4. The monoisotopic (exact) mass is 564 g/mol. The van der Waals surface area contributed by atoms with Crippen molar-refractivity contribution in [3.8, 4) is 0 Å². The van der Waals surface area contributed by atoms with Crippen molar-refractivity contribution in [3.63, 3.8) is 0 Å². The first-order chi connectivity index (χ1) is 18.1. The molecule has 3 aromatic rings. The molecule has 1 fully saturated rings. The fourth-order valence-electron chi connectivity index (χ4n) is 4.17. The first-order valence-corrected chi connectivity index (χ1v) is 12.5. The Morgan fingerprint density at radius 2 is 1.87 bits per heavy atom. The second-order valence-electron chi connectivity index (χ2n) is 8.53. The number of likely N-dealkylation sites (tertiary alicyclic amines) is 1. The first kappa shape index (κ1) is 27.6. The van der Waals surface area contributed by atoms with Gasteiger partial charge in [0.15, 0.2) is 5.17 Å².